The molecule has 1 rings (SSSR count). The SMILES string of the molecule is CC(NCc1ccc(Cl)cc1)C(=O)NC(N)=O. The Morgan fingerprint density at radius 3 is 2.47 bits per heavy atom. The molecular weight excluding hydrogens is 242 g/mol. The van der Waals surface area contributed by atoms with E-state index < -0.39 is 18.0 Å². The zero-order chi connectivity index (χ0) is 12.8. The minimum atomic E-state index is -0.852. The average Bonchev–Trinajstić information content (AvgIpc) is 2.27. The largest absolute Gasteiger partial charge is 0.351 e. The fraction of sp³-hybridized carbons (Fsp3) is 0.273. The number of hydrogen-bond acceptors (Lipinski definition) is 3. The van der Waals surface area contributed by atoms with Crippen LogP contribution in [0.4, 0.5) is 4.79 Å². The molecule has 17 heavy (non-hydrogen) atoms. The molecule has 1 aromatic rings. The highest BCUT2D eigenvalue weighted by Crippen LogP contribution is 2.09. The fourth-order valence-electron chi connectivity index (χ4n) is 1.20. The number of rotatable bonds is 4. The molecule has 0 fully saturated rings. The Morgan fingerprint density at radius 2 is 1.94 bits per heavy atom. The van der Waals surface area contributed by atoms with Crippen LogP contribution < -0.4 is 16.4 Å². The van der Waals surface area contributed by atoms with Gasteiger partial charge in [0.15, 0.2) is 0 Å². The number of hydrogen-bond donors (Lipinski definition) is 3. The van der Waals surface area contributed by atoms with Gasteiger partial charge < -0.3 is 11.1 Å². The van der Waals surface area contributed by atoms with Gasteiger partial charge in [-0.3, -0.25) is 10.1 Å². The molecule has 0 bridgehead atoms. The molecule has 0 aliphatic carbocycles. The zero-order valence-corrected chi connectivity index (χ0v) is 10.1. The molecule has 0 aliphatic rings. The molecule has 0 heterocycles. The van der Waals surface area contributed by atoms with Gasteiger partial charge in [-0.15, -0.1) is 0 Å². The Kier molecular flexibility index (Phi) is 4.93. The van der Waals surface area contributed by atoms with E-state index >= 15 is 0 Å². The normalized spacial score (nSPS) is 11.9. The lowest BCUT2D eigenvalue weighted by molar-refractivity contribution is -0.121. The molecule has 1 atom stereocenters. The van der Waals surface area contributed by atoms with Crippen molar-refractivity contribution in [3.05, 3.63) is 34.9 Å². The molecule has 92 valence electrons. The molecule has 0 saturated heterocycles. The third kappa shape index (κ3) is 4.84. The van der Waals surface area contributed by atoms with Crippen molar-refractivity contribution in [2.75, 3.05) is 0 Å². The van der Waals surface area contributed by atoms with Crippen LogP contribution in [-0.4, -0.2) is 18.0 Å². The average molecular weight is 256 g/mol. The van der Waals surface area contributed by atoms with Gasteiger partial charge in [0.05, 0.1) is 6.04 Å². The predicted molar refractivity (Wildman–Crippen MR) is 65.5 cm³/mol. The van der Waals surface area contributed by atoms with Gasteiger partial charge in [0.1, 0.15) is 0 Å². The van der Waals surface area contributed by atoms with E-state index in [0.29, 0.717) is 11.6 Å². The molecule has 0 saturated carbocycles. The van der Waals surface area contributed by atoms with Crippen molar-refractivity contribution in [3.63, 3.8) is 0 Å². The summed E-state index contributed by atoms with van der Waals surface area (Å²) in [5.41, 5.74) is 5.84. The molecule has 3 amide bonds. The van der Waals surface area contributed by atoms with Crippen LogP contribution in [0, 0.1) is 0 Å². The first-order chi connectivity index (χ1) is 7.99. The minimum Gasteiger partial charge on any atom is -0.351 e. The Bertz CT molecular complexity index is 406. The van der Waals surface area contributed by atoms with Crippen LogP contribution in [0.3, 0.4) is 0 Å². The van der Waals surface area contributed by atoms with Crippen molar-refractivity contribution < 1.29 is 9.59 Å². The molecule has 0 aromatic heterocycles. The predicted octanol–water partition coefficient (Wildman–Crippen LogP) is 1.01. The van der Waals surface area contributed by atoms with Crippen LogP contribution in [-0.2, 0) is 11.3 Å². The highest BCUT2D eigenvalue weighted by atomic mass is 35.5. The van der Waals surface area contributed by atoms with Gasteiger partial charge in [-0.25, -0.2) is 4.79 Å². The first-order valence-electron chi connectivity index (χ1n) is 5.07. The van der Waals surface area contributed by atoms with Crippen LogP contribution in [0.15, 0.2) is 24.3 Å². The Labute approximate surface area is 104 Å². The quantitative estimate of drug-likeness (QED) is 0.751. The Balaban J connectivity index is 2.42. The third-order valence-corrected chi connectivity index (χ3v) is 2.42. The third-order valence-electron chi connectivity index (χ3n) is 2.17. The van der Waals surface area contributed by atoms with Crippen LogP contribution in [0.5, 0.6) is 0 Å². The van der Waals surface area contributed by atoms with E-state index in [4.69, 9.17) is 17.3 Å². The molecule has 5 nitrogen and oxygen atoms in total. The number of carbonyl (C=O) groups is 2. The van der Waals surface area contributed by atoms with Gasteiger partial charge in [0.25, 0.3) is 0 Å². The summed E-state index contributed by atoms with van der Waals surface area (Å²) in [6.45, 7) is 2.15. The van der Waals surface area contributed by atoms with Gasteiger partial charge in [0, 0.05) is 11.6 Å². The van der Waals surface area contributed by atoms with E-state index in [1.807, 2.05) is 17.4 Å². The van der Waals surface area contributed by atoms with Gasteiger partial charge in [-0.05, 0) is 24.6 Å². The summed E-state index contributed by atoms with van der Waals surface area (Å²) in [5, 5.41) is 5.63. The summed E-state index contributed by atoms with van der Waals surface area (Å²) in [7, 11) is 0. The molecule has 0 radical (unpaired) electrons. The summed E-state index contributed by atoms with van der Waals surface area (Å²) in [4.78, 5) is 21.8. The van der Waals surface area contributed by atoms with E-state index in [9.17, 15) is 9.59 Å². The number of primary amides is 1. The lowest BCUT2D eigenvalue weighted by Gasteiger charge is -2.12. The number of amides is 3. The number of nitrogens with one attached hydrogen (secondary N) is 2. The molecule has 1 aromatic carbocycles. The topological polar surface area (TPSA) is 84.2 Å². The van der Waals surface area contributed by atoms with Crippen molar-refractivity contribution >= 4 is 23.5 Å². The van der Waals surface area contributed by atoms with Crippen molar-refractivity contribution in [1.29, 1.82) is 0 Å². The fourth-order valence-corrected chi connectivity index (χ4v) is 1.32. The minimum absolute atomic E-state index is 0.452. The van der Waals surface area contributed by atoms with Crippen molar-refractivity contribution in [2.24, 2.45) is 5.73 Å². The van der Waals surface area contributed by atoms with Gasteiger partial charge >= 0.3 is 6.03 Å². The molecule has 6 heteroatoms. The maximum Gasteiger partial charge on any atom is 0.318 e. The molecule has 0 aliphatic heterocycles. The standard InChI is InChI=1S/C11H14ClN3O2/c1-7(10(16)15-11(13)17)14-6-8-2-4-9(12)5-3-8/h2-5,7,14H,6H2,1H3,(H3,13,15,16,17). The lowest BCUT2D eigenvalue weighted by atomic mass is 10.2. The van der Waals surface area contributed by atoms with Gasteiger partial charge in [-0.2, -0.15) is 0 Å². The highest BCUT2D eigenvalue weighted by molar-refractivity contribution is 6.30. The maximum absolute atomic E-state index is 11.3. The van der Waals surface area contributed by atoms with Crippen LogP contribution >= 0.6 is 11.6 Å². The summed E-state index contributed by atoms with van der Waals surface area (Å²) in [6.07, 6.45) is 0. The summed E-state index contributed by atoms with van der Waals surface area (Å²) in [6, 6.07) is 5.90. The first-order valence-corrected chi connectivity index (χ1v) is 5.45. The van der Waals surface area contributed by atoms with Crippen molar-refractivity contribution in [1.82, 2.24) is 10.6 Å². The molecule has 4 N–H and O–H groups in total. The Morgan fingerprint density at radius 1 is 1.35 bits per heavy atom. The zero-order valence-electron chi connectivity index (χ0n) is 9.37. The van der Waals surface area contributed by atoms with Crippen LogP contribution in [0.25, 0.3) is 0 Å². The van der Waals surface area contributed by atoms with Gasteiger partial charge in [0.2, 0.25) is 5.91 Å². The van der Waals surface area contributed by atoms with E-state index in [-0.39, 0.29) is 0 Å². The molecule has 1 unspecified atom stereocenters. The number of urea groups is 1. The van der Waals surface area contributed by atoms with Crippen molar-refractivity contribution in [2.45, 2.75) is 19.5 Å². The number of imide groups is 1. The van der Waals surface area contributed by atoms with Gasteiger partial charge in [-0.1, -0.05) is 23.7 Å². The molecular formula is C11H14ClN3O2. The Hall–Kier alpha value is -1.59. The second-order valence-electron chi connectivity index (χ2n) is 3.58. The number of halogens is 1. The smallest absolute Gasteiger partial charge is 0.318 e. The second-order valence-corrected chi connectivity index (χ2v) is 4.02. The van der Waals surface area contributed by atoms with E-state index in [1.165, 1.54) is 0 Å². The van der Waals surface area contributed by atoms with Crippen molar-refractivity contribution in [3.8, 4) is 0 Å². The number of benzene rings is 1. The van der Waals surface area contributed by atoms with E-state index in [0.717, 1.165) is 5.56 Å². The number of carbonyl (C=O) groups excluding carboxylic acids is 2. The monoisotopic (exact) mass is 255 g/mol. The van der Waals surface area contributed by atoms with E-state index in [2.05, 4.69) is 5.32 Å². The highest BCUT2D eigenvalue weighted by Gasteiger charge is 2.13. The summed E-state index contributed by atoms with van der Waals surface area (Å²) in [5.74, 6) is -0.452. The van der Waals surface area contributed by atoms with E-state index in [1.54, 1.807) is 19.1 Å². The lowest BCUT2D eigenvalue weighted by Crippen LogP contribution is -2.46. The van der Waals surface area contributed by atoms with Crippen LogP contribution in [0.2, 0.25) is 5.02 Å². The second kappa shape index (κ2) is 6.22. The first kappa shape index (κ1) is 13.5. The summed E-state index contributed by atoms with van der Waals surface area (Å²) < 4.78 is 0. The maximum atomic E-state index is 11.3. The molecule has 0 spiro atoms. The summed E-state index contributed by atoms with van der Waals surface area (Å²) >= 11 is 5.75. The number of nitrogens with two attached hydrogens (primary N) is 1. The van der Waals surface area contributed by atoms with Crippen LogP contribution in [0.1, 0.15) is 12.5 Å².